The lowest BCUT2D eigenvalue weighted by atomic mass is 10.3. The molecule has 1 atom stereocenters. The summed E-state index contributed by atoms with van der Waals surface area (Å²) in [6.45, 7) is 7.53. The molecule has 0 aromatic heterocycles. The average Bonchev–Trinajstić information content (AvgIpc) is 2.40. The molecule has 0 aliphatic carbocycles. The molecule has 0 aromatic carbocycles. The van der Waals surface area contributed by atoms with E-state index in [1.165, 1.54) is 0 Å². The molecule has 1 aliphatic rings. The Morgan fingerprint density at radius 2 is 2.70 bits per heavy atom. The Morgan fingerprint density at radius 3 is 3.20 bits per heavy atom. The summed E-state index contributed by atoms with van der Waals surface area (Å²) < 4.78 is 0. The van der Waals surface area contributed by atoms with Crippen LogP contribution in [-0.4, -0.2) is 25.1 Å². The molecule has 1 aliphatic heterocycles. The minimum Gasteiger partial charge on any atom is -0.355 e. The molecule has 1 rings (SSSR count). The smallest absolute Gasteiger partial charge is 0.191 e. The van der Waals surface area contributed by atoms with E-state index in [0.717, 1.165) is 19.0 Å². The molecule has 0 saturated carbocycles. The van der Waals surface area contributed by atoms with Crippen molar-refractivity contribution in [2.75, 3.05) is 13.1 Å². The van der Waals surface area contributed by atoms with Crippen LogP contribution in [0.15, 0.2) is 17.6 Å². The molecule has 0 bridgehead atoms. The van der Waals surface area contributed by atoms with Gasteiger partial charge in [0.15, 0.2) is 5.96 Å². The van der Waals surface area contributed by atoms with Gasteiger partial charge in [0.25, 0.3) is 0 Å². The van der Waals surface area contributed by atoms with Crippen molar-refractivity contribution in [1.82, 2.24) is 10.6 Å². The molecule has 3 heteroatoms. The molecule has 3 nitrogen and oxygen atoms in total. The Hall–Kier alpha value is -0.990. The second kappa shape index (κ2) is 3.25. The summed E-state index contributed by atoms with van der Waals surface area (Å²) >= 11 is 0. The number of hydrogen-bond donors (Lipinski definition) is 2. The summed E-state index contributed by atoms with van der Waals surface area (Å²) in [5.74, 6) is 0.896. The predicted molar refractivity (Wildman–Crippen MR) is 43.1 cm³/mol. The minimum atomic E-state index is 0.296. The maximum Gasteiger partial charge on any atom is 0.191 e. The average molecular weight is 139 g/mol. The topological polar surface area (TPSA) is 36.4 Å². The molecule has 1 unspecified atom stereocenters. The SMILES string of the molecule is C=CC(C)NC1=NCCN1. The predicted octanol–water partition coefficient (Wildman–Crippen LogP) is 0.110. The Morgan fingerprint density at radius 1 is 1.90 bits per heavy atom. The van der Waals surface area contributed by atoms with E-state index in [1.54, 1.807) is 0 Å². The fourth-order valence-corrected chi connectivity index (χ4v) is 0.769. The molecule has 0 aromatic rings. The Bertz CT molecular complexity index is 151. The van der Waals surface area contributed by atoms with Gasteiger partial charge in [-0.25, -0.2) is 0 Å². The normalized spacial score (nSPS) is 19.1. The second-order valence-corrected chi connectivity index (χ2v) is 2.33. The van der Waals surface area contributed by atoms with Crippen LogP contribution in [0.1, 0.15) is 6.92 Å². The van der Waals surface area contributed by atoms with Gasteiger partial charge in [-0.2, -0.15) is 0 Å². The van der Waals surface area contributed by atoms with Gasteiger partial charge in [0.2, 0.25) is 0 Å². The van der Waals surface area contributed by atoms with Crippen molar-refractivity contribution >= 4 is 5.96 Å². The number of nitrogens with zero attached hydrogens (tertiary/aromatic N) is 1. The minimum absolute atomic E-state index is 0.296. The first-order valence-corrected chi connectivity index (χ1v) is 3.50. The van der Waals surface area contributed by atoms with Crippen LogP contribution >= 0.6 is 0 Å². The van der Waals surface area contributed by atoms with Crippen molar-refractivity contribution in [1.29, 1.82) is 0 Å². The van der Waals surface area contributed by atoms with Gasteiger partial charge in [0.05, 0.1) is 6.54 Å². The molecular weight excluding hydrogens is 126 g/mol. The highest BCUT2D eigenvalue weighted by molar-refractivity contribution is 5.81. The van der Waals surface area contributed by atoms with E-state index >= 15 is 0 Å². The number of aliphatic imine (C=N–C) groups is 1. The van der Waals surface area contributed by atoms with E-state index in [9.17, 15) is 0 Å². The monoisotopic (exact) mass is 139 g/mol. The summed E-state index contributed by atoms with van der Waals surface area (Å²) in [5, 5.41) is 6.26. The van der Waals surface area contributed by atoms with Gasteiger partial charge >= 0.3 is 0 Å². The van der Waals surface area contributed by atoms with Crippen LogP contribution in [0.25, 0.3) is 0 Å². The van der Waals surface area contributed by atoms with Crippen molar-refractivity contribution in [3.05, 3.63) is 12.7 Å². The zero-order valence-corrected chi connectivity index (χ0v) is 6.22. The lowest BCUT2D eigenvalue weighted by Crippen LogP contribution is -2.38. The standard InChI is InChI=1S/C7H13N3/c1-3-6(2)10-7-8-4-5-9-7/h3,6H,1,4-5H2,2H3,(H2,8,9,10). The maximum absolute atomic E-state index is 4.17. The van der Waals surface area contributed by atoms with Crippen molar-refractivity contribution in [3.63, 3.8) is 0 Å². The molecule has 0 spiro atoms. The van der Waals surface area contributed by atoms with Gasteiger partial charge < -0.3 is 10.6 Å². The summed E-state index contributed by atoms with van der Waals surface area (Å²) in [6, 6.07) is 0.296. The van der Waals surface area contributed by atoms with E-state index < -0.39 is 0 Å². The lowest BCUT2D eigenvalue weighted by molar-refractivity contribution is 0.784. The van der Waals surface area contributed by atoms with Gasteiger partial charge in [0, 0.05) is 12.6 Å². The molecule has 10 heavy (non-hydrogen) atoms. The first-order valence-electron chi connectivity index (χ1n) is 3.50. The van der Waals surface area contributed by atoms with Crippen LogP contribution in [0.4, 0.5) is 0 Å². The highest BCUT2D eigenvalue weighted by Crippen LogP contribution is 1.85. The van der Waals surface area contributed by atoms with Gasteiger partial charge in [-0.1, -0.05) is 6.08 Å². The van der Waals surface area contributed by atoms with Crippen LogP contribution < -0.4 is 10.6 Å². The van der Waals surface area contributed by atoms with E-state index in [2.05, 4.69) is 22.2 Å². The first-order chi connectivity index (χ1) is 4.83. The number of nitrogens with one attached hydrogen (secondary N) is 2. The van der Waals surface area contributed by atoms with Crippen LogP contribution in [0.2, 0.25) is 0 Å². The van der Waals surface area contributed by atoms with Gasteiger partial charge in [-0.05, 0) is 6.92 Å². The highest BCUT2D eigenvalue weighted by atomic mass is 15.2. The van der Waals surface area contributed by atoms with Gasteiger partial charge in [-0.3, -0.25) is 4.99 Å². The third-order valence-electron chi connectivity index (χ3n) is 1.39. The Kier molecular flexibility index (Phi) is 2.31. The molecule has 1 heterocycles. The third kappa shape index (κ3) is 1.76. The summed E-state index contributed by atoms with van der Waals surface area (Å²) in [6.07, 6.45) is 1.85. The fourth-order valence-electron chi connectivity index (χ4n) is 0.769. The Balaban J connectivity index is 2.30. The molecule has 0 saturated heterocycles. The van der Waals surface area contributed by atoms with E-state index in [0.29, 0.717) is 6.04 Å². The molecule has 2 N–H and O–H groups in total. The van der Waals surface area contributed by atoms with Gasteiger partial charge in [0.1, 0.15) is 0 Å². The van der Waals surface area contributed by atoms with Gasteiger partial charge in [-0.15, -0.1) is 6.58 Å². The highest BCUT2D eigenvalue weighted by Gasteiger charge is 2.04. The first kappa shape index (κ1) is 7.12. The fraction of sp³-hybridized carbons (Fsp3) is 0.571. The molecule has 0 amide bonds. The summed E-state index contributed by atoms with van der Waals surface area (Å²) in [4.78, 5) is 4.17. The van der Waals surface area contributed by atoms with Crippen molar-refractivity contribution < 1.29 is 0 Å². The van der Waals surface area contributed by atoms with Crippen LogP contribution in [0.3, 0.4) is 0 Å². The maximum atomic E-state index is 4.17. The molecule has 0 radical (unpaired) electrons. The van der Waals surface area contributed by atoms with Crippen LogP contribution in [0.5, 0.6) is 0 Å². The van der Waals surface area contributed by atoms with E-state index in [1.807, 2.05) is 13.0 Å². The number of guanidine groups is 1. The summed E-state index contributed by atoms with van der Waals surface area (Å²) in [7, 11) is 0. The van der Waals surface area contributed by atoms with E-state index in [-0.39, 0.29) is 0 Å². The third-order valence-corrected chi connectivity index (χ3v) is 1.39. The zero-order valence-electron chi connectivity index (χ0n) is 6.22. The summed E-state index contributed by atoms with van der Waals surface area (Å²) in [5.41, 5.74) is 0. The number of hydrogen-bond acceptors (Lipinski definition) is 3. The Labute approximate surface area is 61.2 Å². The van der Waals surface area contributed by atoms with Crippen molar-refractivity contribution in [3.8, 4) is 0 Å². The lowest BCUT2D eigenvalue weighted by Gasteiger charge is -2.09. The molecule has 0 fully saturated rings. The van der Waals surface area contributed by atoms with Crippen molar-refractivity contribution in [2.24, 2.45) is 4.99 Å². The quantitative estimate of drug-likeness (QED) is 0.533. The van der Waals surface area contributed by atoms with Crippen LogP contribution in [-0.2, 0) is 0 Å². The molecular formula is C7H13N3. The molecule has 56 valence electrons. The van der Waals surface area contributed by atoms with Crippen LogP contribution in [0, 0.1) is 0 Å². The largest absolute Gasteiger partial charge is 0.355 e. The zero-order chi connectivity index (χ0) is 7.40. The van der Waals surface area contributed by atoms with E-state index in [4.69, 9.17) is 0 Å². The number of rotatable bonds is 2. The van der Waals surface area contributed by atoms with Crippen molar-refractivity contribution in [2.45, 2.75) is 13.0 Å². The second-order valence-electron chi connectivity index (χ2n) is 2.33.